The van der Waals surface area contributed by atoms with Gasteiger partial charge >= 0.3 is 12.1 Å². The molecule has 5 saturated carbocycles. The Bertz CT molecular complexity index is 941. The van der Waals surface area contributed by atoms with Gasteiger partial charge in [-0.1, -0.05) is 27.2 Å². The van der Waals surface area contributed by atoms with Crippen LogP contribution in [-0.2, 0) is 4.74 Å². The highest BCUT2D eigenvalue weighted by atomic mass is 16.5. The zero-order chi connectivity index (χ0) is 26.6. The number of rotatable bonds is 8. The first-order valence-corrected chi connectivity index (χ1v) is 15.6. The molecular formula is C31H48N4O3. The lowest BCUT2D eigenvalue weighted by atomic mass is 9.70. The fraction of sp³-hybridized carbons (Fsp3) is 0.903. The maximum Gasteiger partial charge on any atom is 0.329 e. The molecule has 1 saturated heterocycles. The van der Waals surface area contributed by atoms with Crippen LogP contribution in [0, 0.1) is 70.2 Å². The van der Waals surface area contributed by atoms with Crippen LogP contribution in [-0.4, -0.2) is 59.7 Å². The van der Waals surface area contributed by atoms with Gasteiger partial charge in [0.2, 0.25) is 0 Å². The van der Waals surface area contributed by atoms with E-state index in [9.17, 15) is 9.59 Å². The Morgan fingerprint density at radius 3 is 2.16 bits per heavy atom. The van der Waals surface area contributed by atoms with E-state index in [1.165, 1.54) is 44.9 Å². The molecular weight excluding hydrogens is 476 g/mol. The predicted octanol–water partition coefficient (Wildman–Crippen LogP) is 6.16. The lowest BCUT2D eigenvalue weighted by Gasteiger charge is -2.44. The number of hydrogen-bond donors (Lipinski definition) is 0. The summed E-state index contributed by atoms with van der Waals surface area (Å²) in [7, 11) is 0. The molecule has 1 aliphatic heterocycles. The van der Waals surface area contributed by atoms with Crippen molar-refractivity contribution >= 4 is 12.1 Å². The number of ether oxygens (including phenoxy) is 1. The molecule has 4 bridgehead atoms. The minimum atomic E-state index is -0.0528. The van der Waals surface area contributed by atoms with E-state index in [-0.39, 0.29) is 17.5 Å². The van der Waals surface area contributed by atoms with Gasteiger partial charge in [-0.3, -0.25) is 0 Å². The van der Waals surface area contributed by atoms with Crippen LogP contribution in [0.15, 0.2) is 0 Å². The van der Waals surface area contributed by atoms with Crippen molar-refractivity contribution in [3.63, 3.8) is 0 Å². The molecule has 210 valence electrons. The molecule has 0 aromatic heterocycles. The highest BCUT2D eigenvalue weighted by Gasteiger charge is 2.50. The Morgan fingerprint density at radius 1 is 0.842 bits per heavy atom. The number of imide groups is 1. The number of amides is 4. The molecule has 0 spiro atoms. The largest absolute Gasteiger partial charge is 0.427 e. The molecule has 6 fully saturated rings. The lowest BCUT2D eigenvalue weighted by Crippen LogP contribution is -2.63. The Balaban J connectivity index is 1.17. The second kappa shape index (κ2) is 10.2. The van der Waals surface area contributed by atoms with Gasteiger partial charge in [-0.25, -0.2) is 14.5 Å². The van der Waals surface area contributed by atoms with Crippen LogP contribution in [0.2, 0.25) is 0 Å². The van der Waals surface area contributed by atoms with Gasteiger partial charge in [0.15, 0.2) is 0 Å². The predicted molar refractivity (Wildman–Crippen MR) is 144 cm³/mol. The number of fused-ring (bicyclic) bond motifs is 4. The minimum absolute atomic E-state index is 0.0170. The monoisotopic (exact) mass is 524 g/mol. The molecule has 7 heteroatoms. The van der Waals surface area contributed by atoms with Crippen LogP contribution < -0.4 is 0 Å². The molecule has 6 aliphatic rings. The summed E-state index contributed by atoms with van der Waals surface area (Å²) in [6.07, 6.45) is 13.9. The van der Waals surface area contributed by atoms with E-state index in [4.69, 9.17) is 10.00 Å². The quantitative estimate of drug-likeness (QED) is 0.356. The summed E-state index contributed by atoms with van der Waals surface area (Å²) in [6.45, 7) is 10.0. The van der Waals surface area contributed by atoms with Gasteiger partial charge in [-0.2, -0.15) is 5.26 Å². The fourth-order valence-corrected chi connectivity index (χ4v) is 10.2. The van der Waals surface area contributed by atoms with Crippen LogP contribution in [0.25, 0.3) is 0 Å². The molecule has 38 heavy (non-hydrogen) atoms. The van der Waals surface area contributed by atoms with Gasteiger partial charge < -0.3 is 14.5 Å². The third-order valence-electron chi connectivity index (χ3n) is 11.8. The van der Waals surface area contributed by atoms with Gasteiger partial charge in [0.05, 0.1) is 6.67 Å². The molecule has 0 radical (unpaired) electrons. The van der Waals surface area contributed by atoms with Crippen LogP contribution in [0.4, 0.5) is 9.59 Å². The second-order valence-corrected chi connectivity index (χ2v) is 15.0. The summed E-state index contributed by atoms with van der Waals surface area (Å²) < 4.78 is 5.19. The van der Waals surface area contributed by atoms with E-state index in [2.05, 4.69) is 20.8 Å². The minimum Gasteiger partial charge on any atom is -0.427 e. The summed E-state index contributed by atoms with van der Waals surface area (Å²) >= 11 is 0. The average molecular weight is 525 g/mol. The van der Waals surface area contributed by atoms with Crippen molar-refractivity contribution in [2.75, 3.05) is 32.9 Å². The molecule has 5 aliphatic carbocycles. The van der Waals surface area contributed by atoms with Crippen LogP contribution in [0.5, 0.6) is 0 Å². The maximum absolute atomic E-state index is 13.9. The van der Waals surface area contributed by atoms with E-state index < -0.39 is 0 Å². The van der Waals surface area contributed by atoms with Gasteiger partial charge in [-0.05, 0) is 111 Å². The highest BCUT2D eigenvalue weighted by molar-refractivity contribution is 5.95. The number of nitrogens with zero attached hydrogens (tertiary/aromatic N) is 4. The summed E-state index contributed by atoms with van der Waals surface area (Å²) in [5.74, 6) is 5.55. The Labute approximate surface area is 229 Å². The van der Waals surface area contributed by atoms with Crippen molar-refractivity contribution in [1.82, 2.24) is 14.7 Å². The van der Waals surface area contributed by atoms with E-state index in [0.717, 1.165) is 50.1 Å². The number of nitriles is 1. The molecule has 6 rings (SSSR count). The van der Waals surface area contributed by atoms with Crippen molar-refractivity contribution in [2.45, 2.75) is 85.0 Å². The SMILES string of the molecule is CC1CC(C)C(CN2CN(CC3CC4CCC3C4)C(=O)N(CC3CC4CC3CC(C)(COC#N)C4)C2=O)C1. The Hall–Kier alpha value is -1.97. The van der Waals surface area contributed by atoms with Crippen LogP contribution in [0.3, 0.4) is 0 Å². The summed E-state index contributed by atoms with van der Waals surface area (Å²) in [5, 5.41) is 8.94. The molecule has 10 unspecified atom stereocenters. The first-order chi connectivity index (χ1) is 18.2. The Kier molecular flexibility index (Phi) is 7.06. The fourth-order valence-electron chi connectivity index (χ4n) is 10.2. The molecule has 4 amide bonds. The summed E-state index contributed by atoms with van der Waals surface area (Å²) in [5.41, 5.74) is 0.0170. The van der Waals surface area contributed by atoms with Crippen molar-refractivity contribution in [1.29, 1.82) is 5.26 Å². The highest BCUT2D eigenvalue weighted by Crippen LogP contribution is 2.54. The van der Waals surface area contributed by atoms with Crippen LogP contribution in [0.1, 0.15) is 85.0 Å². The molecule has 0 aromatic carbocycles. The molecule has 1 heterocycles. The van der Waals surface area contributed by atoms with Crippen molar-refractivity contribution in [2.24, 2.45) is 58.7 Å². The normalized spacial score (nSPS) is 44.3. The smallest absolute Gasteiger partial charge is 0.329 e. The van der Waals surface area contributed by atoms with E-state index in [1.54, 1.807) is 4.90 Å². The van der Waals surface area contributed by atoms with Crippen molar-refractivity contribution in [3.8, 4) is 6.26 Å². The van der Waals surface area contributed by atoms with E-state index in [0.29, 0.717) is 55.3 Å². The molecule has 0 N–H and O–H groups in total. The summed E-state index contributed by atoms with van der Waals surface area (Å²) in [6, 6.07) is -0.0955. The Morgan fingerprint density at radius 2 is 1.53 bits per heavy atom. The second-order valence-electron chi connectivity index (χ2n) is 15.0. The first kappa shape index (κ1) is 26.3. The molecule has 7 nitrogen and oxygen atoms in total. The zero-order valence-electron chi connectivity index (χ0n) is 23.8. The van der Waals surface area contributed by atoms with Crippen molar-refractivity contribution < 1.29 is 14.3 Å². The standard InChI is InChI=1S/C31H48N4O3/c1-20-6-21(2)26(7-20)14-33-19-34(15-27-9-22-4-5-24(27)8-22)30(37)35(29(33)36)16-28-11-23-10-25(28)13-31(3,12-23)17-38-18-32/h20-28H,4-17,19H2,1-3H3. The average Bonchev–Trinajstić information content (AvgIpc) is 3.63. The first-order valence-electron chi connectivity index (χ1n) is 15.6. The zero-order valence-corrected chi connectivity index (χ0v) is 23.8. The third kappa shape index (κ3) is 5.02. The van der Waals surface area contributed by atoms with E-state index >= 15 is 0 Å². The number of hydrogen-bond acceptors (Lipinski definition) is 4. The molecule has 0 aromatic rings. The third-order valence-corrected chi connectivity index (χ3v) is 11.8. The number of urea groups is 2. The number of carbonyl (C=O) groups excluding carboxylic acids is 2. The van der Waals surface area contributed by atoms with Crippen molar-refractivity contribution in [3.05, 3.63) is 0 Å². The van der Waals surface area contributed by atoms with Gasteiger partial charge in [-0.15, -0.1) is 0 Å². The lowest BCUT2D eigenvalue weighted by molar-refractivity contribution is 0.0457. The van der Waals surface area contributed by atoms with Gasteiger partial charge in [0.25, 0.3) is 6.26 Å². The number of carbonyl (C=O) groups is 2. The maximum atomic E-state index is 13.9. The van der Waals surface area contributed by atoms with Gasteiger partial charge in [0, 0.05) is 25.0 Å². The van der Waals surface area contributed by atoms with E-state index in [1.807, 2.05) is 16.1 Å². The summed E-state index contributed by atoms with van der Waals surface area (Å²) in [4.78, 5) is 33.6. The molecule has 10 atom stereocenters. The van der Waals surface area contributed by atoms with Gasteiger partial charge in [0.1, 0.15) is 6.61 Å². The van der Waals surface area contributed by atoms with Crippen LogP contribution >= 0.6 is 0 Å². The topological polar surface area (TPSA) is 76.9 Å².